The average Bonchev–Trinajstić information content (AvgIpc) is 2.50. The maximum atomic E-state index is 11.7. The van der Waals surface area contributed by atoms with E-state index < -0.39 is 17.9 Å². The summed E-state index contributed by atoms with van der Waals surface area (Å²) in [6.45, 7) is 0. The van der Waals surface area contributed by atoms with Gasteiger partial charge in [0.15, 0.2) is 0 Å². The molecule has 1 rings (SSSR count). The van der Waals surface area contributed by atoms with Crippen molar-refractivity contribution in [3.63, 3.8) is 0 Å². The van der Waals surface area contributed by atoms with E-state index in [-0.39, 0.29) is 22.0 Å². The van der Waals surface area contributed by atoms with E-state index in [1.54, 1.807) is 0 Å². The van der Waals surface area contributed by atoms with Crippen molar-refractivity contribution >= 4 is 67.1 Å². The number of rotatable bonds is 5. The van der Waals surface area contributed by atoms with Crippen LogP contribution in [0, 0.1) is 0 Å². The van der Waals surface area contributed by atoms with Crippen LogP contribution in [0.2, 0.25) is 5.02 Å². The first-order valence-corrected chi connectivity index (χ1v) is 7.75. The summed E-state index contributed by atoms with van der Waals surface area (Å²) in [6, 6.07) is 1.49. The highest BCUT2D eigenvalue weighted by Gasteiger charge is 2.23. The number of anilines is 1. The maximum Gasteiger partial charge on any atom is 0.354 e. The van der Waals surface area contributed by atoms with Gasteiger partial charge in [0.25, 0.3) is 0 Å². The van der Waals surface area contributed by atoms with E-state index in [9.17, 15) is 19.5 Å². The van der Waals surface area contributed by atoms with Gasteiger partial charge in [-0.3, -0.25) is 0 Å². The van der Waals surface area contributed by atoms with Crippen LogP contribution in [0.3, 0.4) is 0 Å². The predicted molar refractivity (Wildman–Crippen MR) is 89.5 cm³/mol. The fraction of sp³-hybridized carbons (Fsp3) is 0.154. The van der Waals surface area contributed by atoms with Crippen molar-refractivity contribution in [3.05, 3.63) is 37.4 Å². The molecule has 124 valence electrons. The van der Waals surface area contributed by atoms with Gasteiger partial charge in [0.05, 0.1) is 31.0 Å². The van der Waals surface area contributed by atoms with E-state index in [0.29, 0.717) is 8.95 Å². The fourth-order valence-corrected chi connectivity index (χ4v) is 2.98. The number of carboxylic acid groups (broad SMARTS) is 1. The van der Waals surface area contributed by atoms with Crippen molar-refractivity contribution in [1.29, 1.82) is 0 Å². The monoisotopic (exact) mass is 469 g/mol. The second-order valence-electron chi connectivity index (χ2n) is 3.91. The molecule has 1 aromatic carbocycles. The first-order valence-electron chi connectivity index (χ1n) is 5.78. The quantitative estimate of drug-likeness (QED) is 0.386. The molecule has 0 saturated carbocycles. The number of carboxylic acids is 1. The summed E-state index contributed by atoms with van der Waals surface area (Å²) in [5.74, 6) is -3.05. The molecule has 0 unspecified atom stereocenters. The Balaban J connectivity index is 3.48. The van der Waals surface area contributed by atoms with Gasteiger partial charge in [-0.1, -0.05) is 11.6 Å². The lowest BCUT2D eigenvalue weighted by molar-refractivity contribution is -0.138. The highest BCUT2D eigenvalue weighted by atomic mass is 79.9. The van der Waals surface area contributed by atoms with E-state index >= 15 is 0 Å². The van der Waals surface area contributed by atoms with Gasteiger partial charge in [-0.2, -0.15) is 0 Å². The Kier molecular flexibility index (Phi) is 7.04. The number of halogens is 3. The molecule has 10 heteroatoms. The van der Waals surface area contributed by atoms with Crippen molar-refractivity contribution in [2.45, 2.75) is 0 Å². The normalized spacial score (nSPS) is 10.9. The number of carbonyl (C=O) groups is 3. The van der Waals surface area contributed by atoms with Gasteiger partial charge in [0.2, 0.25) is 0 Å². The third kappa shape index (κ3) is 4.69. The van der Waals surface area contributed by atoms with Crippen LogP contribution in [-0.4, -0.2) is 37.2 Å². The molecule has 0 radical (unpaired) electrons. The largest absolute Gasteiger partial charge is 0.478 e. The summed E-state index contributed by atoms with van der Waals surface area (Å²) < 4.78 is 9.62. The molecule has 0 atom stereocenters. The molecule has 0 heterocycles. The summed E-state index contributed by atoms with van der Waals surface area (Å²) in [7, 11) is 2.24. The molecular weight excluding hydrogens is 461 g/mol. The summed E-state index contributed by atoms with van der Waals surface area (Å²) in [5.41, 5.74) is -0.639. The van der Waals surface area contributed by atoms with Crippen molar-refractivity contribution in [3.8, 4) is 0 Å². The van der Waals surface area contributed by atoms with Gasteiger partial charge in [0, 0.05) is 8.95 Å². The minimum Gasteiger partial charge on any atom is -0.478 e. The van der Waals surface area contributed by atoms with E-state index in [4.69, 9.17) is 11.6 Å². The SMILES string of the molecule is COC(=O)/C=C(/Nc1c(Br)cc(Br)c(Cl)c1C(=O)O)C(=O)OC. The van der Waals surface area contributed by atoms with Crippen LogP contribution in [-0.2, 0) is 19.1 Å². The van der Waals surface area contributed by atoms with Gasteiger partial charge < -0.3 is 19.9 Å². The lowest BCUT2D eigenvalue weighted by atomic mass is 10.1. The van der Waals surface area contributed by atoms with E-state index in [0.717, 1.165) is 20.3 Å². The van der Waals surface area contributed by atoms with Crippen LogP contribution in [0.1, 0.15) is 10.4 Å². The van der Waals surface area contributed by atoms with Gasteiger partial charge in [-0.25, -0.2) is 14.4 Å². The van der Waals surface area contributed by atoms with Crippen LogP contribution in [0.15, 0.2) is 26.8 Å². The molecule has 23 heavy (non-hydrogen) atoms. The third-order valence-corrected chi connectivity index (χ3v) is 4.39. The summed E-state index contributed by atoms with van der Waals surface area (Å²) >= 11 is 12.3. The Labute approximate surface area is 152 Å². The molecule has 0 aromatic heterocycles. The summed E-state index contributed by atoms with van der Waals surface area (Å²) in [6.07, 6.45) is 0.833. The Morgan fingerprint density at radius 3 is 2.30 bits per heavy atom. The third-order valence-electron chi connectivity index (χ3n) is 2.51. The molecular formula is C13H10Br2ClNO6. The molecule has 0 amide bonds. The number of ether oxygens (including phenoxy) is 2. The molecule has 0 aliphatic carbocycles. The lowest BCUT2D eigenvalue weighted by Gasteiger charge is -2.15. The van der Waals surface area contributed by atoms with Crippen molar-refractivity contribution in [2.24, 2.45) is 0 Å². The van der Waals surface area contributed by atoms with E-state index in [1.807, 2.05) is 0 Å². The Bertz CT molecular complexity index is 704. The molecule has 0 bridgehead atoms. The highest BCUT2D eigenvalue weighted by Crippen LogP contribution is 2.38. The van der Waals surface area contributed by atoms with Crippen molar-refractivity contribution in [1.82, 2.24) is 0 Å². The molecule has 0 fully saturated rings. The highest BCUT2D eigenvalue weighted by molar-refractivity contribution is 9.11. The predicted octanol–water partition coefficient (Wildman–Crippen LogP) is 3.21. The zero-order chi connectivity index (χ0) is 17.7. The molecule has 2 N–H and O–H groups in total. The van der Waals surface area contributed by atoms with Crippen LogP contribution < -0.4 is 5.32 Å². The second kappa shape index (κ2) is 8.32. The number of hydrogen-bond donors (Lipinski definition) is 2. The van der Waals surface area contributed by atoms with Gasteiger partial charge >= 0.3 is 17.9 Å². The topological polar surface area (TPSA) is 102 Å². The summed E-state index contributed by atoms with van der Waals surface area (Å²) in [5, 5.41) is 11.8. The number of carbonyl (C=O) groups excluding carboxylic acids is 2. The Hall–Kier alpha value is -1.58. The smallest absolute Gasteiger partial charge is 0.354 e. The number of nitrogens with one attached hydrogen (secondary N) is 1. The molecule has 0 aliphatic heterocycles. The second-order valence-corrected chi connectivity index (χ2v) is 5.99. The number of methoxy groups -OCH3 is 2. The van der Waals surface area contributed by atoms with Crippen molar-refractivity contribution in [2.75, 3.05) is 19.5 Å². The van der Waals surface area contributed by atoms with Crippen LogP contribution in [0.5, 0.6) is 0 Å². The zero-order valence-electron chi connectivity index (χ0n) is 11.8. The van der Waals surface area contributed by atoms with E-state index in [1.165, 1.54) is 6.07 Å². The standard InChI is InChI=1S/C13H10Br2ClNO6/c1-22-8(18)4-7(13(21)23-2)17-11-6(15)3-5(14)10(16)9(11)12(19)20/h3-4,17H,1-2H3,(H,19,20)/b7-4+. The van der Waals surface area contributed by atoms with Crippen LogP contribution in [0.4, 0.5) is 5.69 Å². The van der Waals surface area contributed by atoms with E-state index in [2.05, 4.69) is 46.7 Å². The fourth-order valence-electron chi connectivity index (χ4n) is 1.49. The minimum atomic E-state index is -1.33. The minimum absolute atomic E-state index is 0.0220. The molecule has 0 saturated heterocycles. The van der Waals surface area contributed by atoms with Crippen LogP contribution >= 0.6 is 43.5 Å². The lowest BCUT2D eigenvalue weighted by Crippen LogP contribution is -2.17. The van der Waals surface area contributed by atoms with Crippen molar-refractivity contribution < 1.29 is 29.0 Å². The number of esters is 2. The Morgan fingerprint density at radius 2 is 1.83 bits per heavy atom. The Morgan fingerprint density at radius 1 is 1.22 bits per heavy atom. The average molecular weight is 471 g/mol. The maximum absolute atomic E-state index is 11.7. The first-order chi connectivity index (χ1) is 10.7. The first kappa shape index (κ1) is 19.5. The van der Waals surface area contributed by atoms with Crippen LogP contribution in [0.25, 0.3) is 0 Å². The van der Waals surface area contributed by atoms with Gasteiger partial charge in [-0.15, -0.1) is 0 Å². The molecule has 0 spiro atoms. The molecule has 7 nitrogen and oxygen atoms in total. The van der Waals surface area contributed by atoms with Gasteiger partial charge in [0.1, 0.15) is 11.3 Å². The summed E-state index contributed by atoms with van der Waals surface area (Å²) in [4.78, 5) is 34.5. The number of benzene rings is 1. The number of hydrogen-bond acceptors (Lipinski definition) is 6. The number of aromatic carboxylic acids is 1. The molecule has 1 aromatic rings. The van der Waals surface area contributed by atoms with Gasteiger partial charge in [-0.05, 0) is 37.9 Å². The molecule has 0 aliphatic rings. The zero-order valence-corrected chi connectivity index (χ0v) is 15.7.